The van der Waals surface area contributed by atoms with E-state index in [-0.39, 0.29) is 15.8 Å². The van der Waals surface area contributed by atoms with E-state index in [2.05, 4.69) is 22.5 Å². The normalized spacial score (nSPS) is 12.5. The van der Waals surface area contributed by atoms with E-state index in [1.54, 1.807) is 6.08 Å². The zero-order chi connectivity index (χ0) is 12.3. The fraction of sp³-hybridized carbons (Fsp3) is 0.273. The van der Waals surface area contributed by atoms with Crippen LogP contribution in [-0.4, -0.2) is 5.11 Å². The first-order chi connectivity index (χ1) is 7.49. The minimum atomic E-state index is -1.10. The molecular weight excluding hydrogens is 280 g/mol. The van der Waals surface area contributed by atoms with Crippen LogP contribution in [0.3, 0.4) is 0 Å². The lowest BCUT2D eigenvalue weighted by molar-refractivity contribution is 0.424. The van der Waals surface area contributed by atoms with Gasteiger partial charge in [0.1, 0.15) is 5.75 Å². The van der Waals surface area contributed by atoms with E-state index >= 15 is 0 Å². The van der Waals surface area contributed by atoms with Gasteiger partial charge in [-0.15, -0.1) is 6.58 Å². The molecule has 2 nitrogen and oxygen atoms in total. The summed E-state index contributed by atoms with van der Waals surface area (Å²) in [7, 11) is 0. The van der Waals surface area contributed by atoms with Crippen LogP contribution in [0.2, 0.25) is 0 Å². The fourth-order valence-corrected chi connectivity index (χ4v) is 1.80. The summed E-state index contributed by atoms with van der Waals surface area (Å²) in [6.45, 7) is 3.51. The Labute approximate surface area is 101 Å². The second-order valence-electron chi connectivity index (χ2n) is 3.39. The lowest BCUT2D eigenvalue weighted by atomic mass is 10.0. The van der Waals surface area contributed by atoms with E-state index in [4.69, 9.17) is 5.73 Å². The monoisotopic (exact) mass is 291 g/mol. The Morgan fingerprint density at radius 3 is 2.75 bits per heavy atom. The maximum Gasteiger partial charge on any atom is 0.167 e. The Kier molecular flexibility index (Phi) is 4.44. The Balaban J connectivity index is 3.15. The molecule has 0 unspecified atom stereocenters. The maximum atomic E-state index is 13.5. The number of hydrogen-bond acceptors (Lipinski definition) is 2. The van der Waals surface area contributed by atoms with Gasteiger partial charge < -0.3 is 10.8 Å². The summed E-state index contributed by atoms with van der Waals surface area (Å²) in [4.78, 5) is 0. The van der Waals surface area contributed by atoms with Crippen molar-refractivity contribution in [3.05, 3.63) is 40.4 Å². The number of phenolic OH excluding ortho intramolecular Hbond substituents is 1. The van der Waals surface area contributed by atoms with Gasteiger partial charge in [0.05, 0.1) is 10.0 Å². The van der Waals surface area contributed by atoms with Crippen LogP contribution in [0.5, 0.6) is 5.75 Å². The number of benzene rings is 1. The van der Waals surface area contributed by atoms with Gasteiger partial charge in [-0.1, -0.05) is 6.08 Å². The Bertz CT molecular complexity index is 383. The number of aromatic hydroxyl groups is 1. The maximum absolute atomic E-state index is 13.5. The second-order valence-corrected chi connectivity index (χ2v) is 4.24. The highest BCUT2D eigenvalue weighted by Crippen LogP contribution is 2.36. The molecule has 0 heterocycles. The molecule has 0 aliphatic rings. The van der Waals surface area contributed by atoms with E-state index in [0.29, 0.717) is 12.8 Å². The summed E-state index contributed by atoms with van der Waals surface area (Å²) in [6.07, 6.45) is 2.58. The molecule has 0 aliphatic heterocycles. The van der Waals surface area contributed by atoms with Gasteiger partial charge >= 0.3 is 0 Å². The van der Waals surface area contributed by atoms with Crippen LogP contribution < -0.4 is 5.73 Å². The first kappa shape index (κ1) is 13.1. The molecule has 1 aromatic carbocycles. The third-order valence-corrected chi connectivity index (χ3v) is 2.84. The van der Waals surface area contributed by atoms with Gasteiger partial charge in [0.25, 0.3) is 0 Å². The molecule has 0 saturated heterocycles. The molecule has 16 heavy (non-hydrogen) atoms. The van der Waals surface area contributed by atoms with Gasteiger partial charge in [0, 0.05) is 6.04 Å². The van der Waals surface area contributed by atoms with Crippen molar-refractivity contribution in [3.63, 3.8) is 0 Å². The molecule has 1 aromatic rings. The molecule has 88 valence electrons. The fourth-order valence-electron chi connectivity index (χ4n) is 1.38. The van der Waals surface area contributed by atoms with Gasteiger partial charge in [-0.3, -0.25) is 0 Å². The number of halogens is 3. The largest absolute Gasteiger partial charge is 0.506 e. The standard InChI is InChI=1S/C11H12BrF2NO/c1-2-3-4-8(15)9-10(14)7(13)5-6(12)11(9)16/h2,5,8,16H,1,3-4,15H2/t8-/m0/s1. The second kappa shape index (κ2) is 5.41. The molecule has 0 radical (unpaired) electrons. The van der Waals surface area contributed by atoms with Gasteiger partial charge in [0.2, 0.25) is 0 Å². The van der Waals surface area contributed by atoms with E-state index in [1.165, 1.54) is 0 Å². The lowest BCUT2D eigenvalue weighted by Crippen LogP contribution is -2.13. The van der Waals surface area contributed by atoms with Crippen molar-refractivity contribution in [3.8, 4) is 5.75 Å². The van der Waals surface area contributed by atoms with E-state index in [1.807, 2.05) is 0 Å². The molecule has 0 aromatic heterocycles. The predicted octanol–water partition coefficient (Wildman–Crippen LogP) is 3.40. The van der Waals surface area contributed by atoms with Gasteiger partial charge in [0.15, 0.2) is 11.6 Å². The van der Waals surface area contributed by atoms with Crippen molar-refractivity contribution in [2.24, 2.45) is 5.73 Å². The molecule has 5 heteroatoms. The molecule has 0 amide bonds. The van der Waals surface area contributed by atoms with E-state index in [0.717, 1.165) is 6.07 Å². The topological polar surface area (TPSA) is 46.2 Å². The number of nitrogens with two attached hydrogens (primary N) is 1. The number of allylic oxidation sites excluding steroid dienone is 1. The Hall–Kier alpha value is -0.940. The molecule has 0 saturated carbocycles. The lowest BCUT2D eigenvalue weighted by Gasteiger charge is -2.15. The third-order valence-electron chi connectivity index (χ3n) is 2.23. The molecule has 0 bridgehead atoms. The van der Waals surface area contributed by atoms with Crippen LogP contribution in [0, 0.1) is 11.6 Å². The molecule has 0 spiro atoms. The first-order valence-electron chi connectivity index (χ1n) is 4.71. The predicted molar refractivity (Wildman–Crippen MR) is 62.1 cm³/mol. The van der Waals surface area contributed by atoms with Crippen LogP contribution >= 0.6 is 15.9 Å². The molecule has 0 aliphatic carbocycles. The highest BCUT2D eigenvalue weighted by atomic mass is 79.9. The van der Waals surface area contributed by atoms with Crippen molar-refractivity contribution >= 4 is 15.9 Å². The molecular formula is C11H12BrF2NO. The van der Waals surface area contributed by atoms with Crippen molar-refractivity contribution in [2.45, 2.75) is 18.9 Å². The van der Waals surface area contributed by atoms with Gasteiger partial charge in [-0.25, -0.2) is 8.78 Å². The van der Waals surface area contributed by atoms with Crippen LogP contribution in [0.1, 0.15) is 24.4 Å². The van der Waals surface area contributed by atoms with Crippen LogP contribution in [0.4, 0.5) is 8.78 Å². The Morgan fingerprint density at radius 1 is 1.56 bits per heavy atom. The average molecular weight is 292 g/mol. The zero-order valence-corrected chi connectivity index (χ0v) is 10.1. The van der Waals surface area contributed by atoms with Crippen molar-refractivity contribution < 1.29 is 13.9 Å². The third kappa shape index (κ3) is 2.59. The summed E-state index contributed by atoms with van der Waals surface area (Å²) < 4.78 is 26.7. The zero-order valence-electron chi connectivity index (χ0n) is 8.51. The van der Waals surface area contributed by atoms with Crippen molar-refractivity contribution in [1.82, 2.24) is 0 Å². The first-order valence-corrected chi connectivity index (χ1v) is 5.51. The van der Waals surface area contributed by atoms with Gasteiger partial charge in [-0.05, 0) is 34.8 Å². The number of phenols is 1. The van der Waals surface area contributed by atoms with Crippen LogP contribution in [0.15, 0.2) is 23.2 Å². The highest BCUT2D eigenvalue weighted by Gasteiger charge is 2.21. The molecule has 3 N–H and O–H groups in total. The Morgan fingerprint density at radius 2 is 2.19 bits per heavy atom. The average Bonchev–Trinajstić information content (AvgIpc) is 2.24. The van der Waals surface area contributed by atoms with Crippen LogP contribution in [0.25, 0.3) is 0 Å². The van der Waals surface area contributed by atoms with Gasteiger partial charge in [-0.2, -0.15) is 0 Å². The summed E-state index contributed by atoms with van der Waals surface area (Å²) in [5.41, 5.74) is 5.48. The molecule has 1 atom stereocenters. The van der Waals surface area contributed by atoms with E-state index < -0.39 is 17.7 Å². The molecule has 0 fully saturated rings. The van der Waals surface area contributed by atoms with E-state index in [9.17, 15) is 13.9 Å². The highest BCUT2D eigenvalue weighted by molar-refractivity contribution is 9.10. The van der Waals surface area contributed by atoms with Crippen LogP contribution in [-0.2, 0) is 0 Å². The smallest absolute Gasteiger partial charge is 0.167 e. The SMILES string of the molecule is C=CCC[C@H](N)c1c(O)c(Br)cc(F)c1F. The minimum absolute atomic E-state index is 0.0930. The number of hydrogen-bond donors (Lipinski definition) is 2. The summed E-state index contributed by atoms with van der Waals surface area (Å²) in [5.74, 6) is -2.48. The minimum Gasteiger partial charge on any atom is -0.506 e. The van der Waals surface area contributed by atoms with Crippen molar-refractivity contribution in [2.75, 3.05) is 0 Å². The molecule has 1 rings (SSSR count). The summed E-state index contributed by atoms with van der Waals surface area (Å²) in [5, 5.41) is 9.61. The quantitative estimate of drug-likeness (QED) is 0.660. The number of rotatable bonds is 4. The summed E-state index contributed by atoms with van der Waals surface area (Å²) >= 11 is 2.94. The van der Waals surface area contributed by atoms with Crippen molar-refractivity contribution in [1.29, 1.82) is 0 Å². The summed E-state index contributed by atoms with van der Waals surface area (Å²) in [6, 6.07) is 0.110.